The van der Waals surface area contributed by atoms with Gasteiger partial charge >= 0.3 is 5.97 Å². The number of nitrogens with one attached hydrogen (secondary N) is 1. The molecule has 0 spiro atoms. The van der Waals surface area contributed by atoms with Crippen LogP contribution in [0.4, 0.5) is 5.69 Å². The van der Waals surface area contributed by atoms with E-state index >= 15 is 0 Å². The molecule has 2 amide bonds. The van der Waals surface area contributed by atoms with E-state index in [0.717, 1.165) is 17.2 Å². The molecule has 0 unspecified atom stereocenters. The molecule has 0 aromatic heterocycles. The molecule has 0 saturated heterocycles. The number of benzene rings is 3. The number of nitro groups is 1. The third-order valence-corrected chi connectivity index (χ3v) is 7.13. The summed E-state index contributed by atoms with van der Waals surface area (Å²) in [7, 11) is 2.75. The molecule has 2 atom stereocenters. The van der Waals surface area contributed by atoms with Gasteiger partial charge < -0.3 is 30.2 Å². The number of amides is 2. The van der Waals surface area contributed by atoms with Crippen LogP contribution in [0.15, 0.2) is 84.9 Å². The summed E-state index contributed by atoms with van der Waals surface area (Å²) in [6.07, 6.45) is 4.00. The quantitative estimate of drug-likeness (QED) is 0.0684. The molecule has 0 fully saturated rings. The number of nitrogens with zero attached hydrogens (tertiary/aromatic N) is 2. The third-order valence-electron chi connectivity index (χ3n) is 7.13. The molecule has 13 heteroatoms. The lowest BCUT2D eigenvalue weighted by Gasteiger charge is -2.24. The van der Waals surface area contributed by atoms with Crippen LogP contribution in [0.5, 0.6) is 11.5 Å². The second-order valence-electron chi connectivity index (χ2n) is 10.4. The van der Waals surface area contributed by atoms with Crippen molar-refractivity contribution in [2.45, 2.75) is 37.9 Å². The van der Waals surface area contributed by atoms with E-state index in [9.17, 15) is 29.3 Å². The molecule has 3 aromatic carbocycles. The van der Waals surface area contributed by atoms with Crippen LogP contribution < -0.4 is 20.5 Å². The average molecular weight is 647 g/mol. The Hall–Kier alpha value is -5.56. The highest BCUT2D eigenvalue weighted by Crippen LogP contribution is 2.23. The van der Waals surface area contributed by atoms with Crippen molar-refractivity contribution in [2.75, 3.05) is 27.4 Å². The minimum atomic E-state index is -1.08. The lowest BCUT2D eigenvalue weighted by atomic mass is 10.0. The van der Waals surface area contributed by atoms with Crippen molar-refractivity contribution in [3.05, 3.63) is 112 Å². The first-order valence-corrected chi connectivity index (χ1v) is 14.7. The van der Waals surface area contributed by atoms with Crippen LogP contribution in [0.3, 0.4) is 0 Å². The first kappa shape index (κ1) is 35.9. The van der Waals surface area contributed by atoms with Gasteiger partial charge in [0.15, 0.2) is 6.29 Å². The van der Waals surface area contributed by atoms with Gasteiger partial charge in [0.05, 0.1) is 30.7 Å². The Morgan fingerprint density at radius 2 is 1.72 bits per heavy atom. The number of nitro benzene ring substituents is 1. The predicted octanol–water partition coefficient (Wildman–Crippen LogP) is 3.39. The Balaban J connectivity index is 1.65. The first-order chi connectivity index (χ1) is 22.6. The van der Waals surface area contributed by atoms with E-state index in [4.69, 9.17) is 19.9 Å². The van der Waals surface area contributed by atoms with E-state index in [2.05, 4.69) is 5.32 Å². The van der Waals surface area contributed by atoms with E-state index in [0.29, 0.717) is 12.0 Å². The zero-order chi connectivity index (χ0) is 34.2. The van der Waals surface area contributed by atoms with E-state index < -0.39 is 28.9 Å². The summed E-state index contributed by atoms with van der Waals surface area (Å²) in [5.41, 5.74) is 7.59. The summed E-state index contributed by atoms with van der Waals surface area (Å²) >= 11 is 0. The molecule has 0 aliphatic carbocycles. The second kappa shape index (κ2) is 18.4. The van der Waals surface area contributed by atoms with Crippen LogP contribution >= 0.6 is 0 Å². The molecule has 248 valence electrons. The number of hydrogen-bond acceptors (Lipinski definition) is 10. The minimum Gasteiger partial charge on any atom is -0.497 e. The van der Waals surface area contributed by atoms with Crippen molar-refractivity contribution in [1.29, 1.82) is 0 Å². The Bertz CT molecular complexity index is 1540. The highest BCUT2D eigenvalue weighted by atomic mass is 16.6. The lowest BCUT2D eigenvalue weighted by molar-refractivity contribution is -0.384. The van der Waals surface area contributed by atoms with Crippen molar-refractivity contribution in [2.24, 2.45) is 5.73 Å². The van der Waals surface area contributed by atoms with Crippen LogP contribution in [0.1, 0.15) is 34.3 Å². The molecular formula is C34H38N4O9. The van der Waals surface area contributed by atoms with Gasteiger partial charge in [0.25, 0.3) is 5.69 Å². The highest BCUT2D eigenvalue weighted by molar-refractivity contribution is 5.88. The lowest BCUT2D eigenvalue weighted by Crippen LogP contribution is -2.49. The molecule has 47 heavy (non-hydrogen) atoms. The van der Waals surface area contributed by atoms with Crippen molar-refractivity contribution >= 4 is 29.8 Å². The number of rotatable bonds is 18. The maximum absolute atomic E-state index is 13.5. The fourth-order valence-electron chi connectivity index (χ4n) is 4.54. The largest absolute Gasteiger partial charge is 0.497 e. The molecule has 0 bridgehead atoms. The van der Waals surface area contributed by atoms with Gasteiger partial charge in [0.1, 0.15) is 24.1 Å². The maximum atomic E-state index is 13.5. The summed E-state index contributed by atoms with van der Waals surface area (Å²) < 4.78 is 15.7. The fraction of sp³-hybridized carbons (Fsp3) is 0.294. The summed E-state index contributed by atoms with van der Waals surface area (Å²) in [5, 5.41) is 13.6. The number of ether oxygens (including phenoxy) is 3. The highest BCUT2D eigenvalue weighted by Gasteiger charge is 2.26. The normalized spacial score (nSPS) is 12.1. The zero-order valence-electron chi connectivity index (χ0n) is 26.2. The monoisotopic (exact) mass is 646 g/mol. The fourth-order valence-corrected chi connectivity index (χ4v) is 4.54. The molecule has 0 saturated carbocycles. The molecule has 0 aliphatic rings. The minimum absolute atomic E-state index is 0.0180. The predicted molar refractivity (Wildman–Crippen MR) is 173 cm³/mol. The Morgan fingerprint density at radius 3 is 2.36 bits per heavy atom. The Morgan fingerprint density at radius 1 is 1.00 bits per heavy atom. The van der Waals surface area contributed by atoms with Crippen LogP contribution in [-0.4, -0.2) is 73.3 Å². The maximum Gasteiger partial charge on any atom is 0.328 e. The van der Waals surface area contributed by atoms with Gasteiger partial charge in [-0.2, -0.15) is 0 Å². The van der Waals surface area contributed by atoms with E-state index in [-0.39, 0.29) is 61.9 Å². The number of esters is 1. The van der Waals surface area contributed by atoms with Gasteiger partial charge in [0.2, 0.25) is 11.8 Å². The van der Waals surface area contributed by atoms with Gasteiger partial charge in [-0.05, 0) is 48.2 Å². The molecule has 13 nitrogen and oxygen atoms in total. The van der Waals surface area contributed by atoms with Gasteiger partial charge in [-0.15, -0.1) is 0 Å². The van der Waals surface area contributed by atoms with Gasteiger partial charge in [0, 0.05) is 31.6 Å². The SMILES string of the molecule is COC(=O)[C@H](CCC(=O)N(C/C=C/COc1ccc([N+](=O)[O-])cc1C=O)Cc1ccc(OC)cc1)NC(=O)[C@H](N)Cc1ccccc1. The number of nitrogens with two attached hydrogens (primary N) is 1. The number of non-ortho nitro benzene ring substituents is 1. The number of carbonyl (C=O) groups is 4. The Labute approximate surface area is 272 Å². The van der Waals surface area contributed by atoms with Gasteiger partial charge in [-0.3, -0.25) is 24.5 Å². The topological polar surface area (TPSA) is 180 Å². The first-order valence-electron chi connectivity index (χ1n) is 14.7. The van der Waals surface area contributed by atoms with Crippen molar-refractivity contribution in [3.63, 3.8) is 0 Å². The van der Waals surface area contributed by atoms with Crippen molar-refractivity contribution < 1.29 is 38.3 Å². The molecule has 3 N–H and O–H groups in total. The van der Waals surface area contributed by atoms with Crippen LogP contribution in [0.2, 0.25) is 0 Å². The van der Waals surface area contributed by atoms with Gasteiger partial charge in [-0.25, -0.2) is 4.79 Å². The smallest absolute Gasteiger partial charge is 0.328 e. The summed E-state index contributed by atoms with van der Waals surface area (Å²) in [6, 6.07) is 18.1. The van der Waals surface area contributed by atoms with Crippen LogP contribution in [0, 0.1) is 10.1 Å². The molecule has 3 aromatic rings. The van der Waals surface area contributed by atoms with E-state index in [1.54, 1.807) is 36.3 Å². The number of aldehydes is 1. The third kappa shape index (κ3) is 11.4. The summed E-state index contributed by atoms with van der Waals surface area (Å²) in [4.78, 5) is 62.1. The number of hydrogen-bond donors (Lipinski definition) is 2. The number of carbonyl (C=O) groups excluding carboxylic acids is 4. The Kier molecular flexibility index (Phi) is 14.1. The zero-order valence-corrected chi connectivity index (χ0v) is 26.2. The average Bonchev–Trinajstić information content (AvgIpc) is 3.09. The van der Waals surface area contributed by atoms with Crippen LogP contribution in [0.25, 0.3) is 0 Å². The summed E-state index contributed by atoms with van der Waals surface area (Å²) in [6.45, 7) is 0.442. The van der Waals surface area contributed by atoms with Crippen LogP contribution in [-0.2, 0) is 32.1 Å². The molecular weight excluding hydrogens is 608 g/mol. The summed E-state index contributed by atoms with van der Waals surface area (Å²) in [5.74, 6) is -0.687. The van der Waals surface area contributed by atoms with E-state index in [1.165, 1.54) is 19.2 Å². The van der Waals surface area contributed by atoms with Crippen molar-refractivity contribution in [3.8, 4) is 11.5 Å². The molecule has 3 rings (SSSR count). The second-order valence-corrected chi connectivity index (χ2v) is 10.4. The molecule has 0 aliphatic heterocycles. The van der Waals surface area contributed by atoms with E-state index in [1.807, 2.05) is 42.5 Å². The van der Waals surface area contributed by atoms with Crippen molar-refractivity contribution in [1.82, 2.24) is 10.2 Å². The number of methoxy groups -OCH3 is 2. The van der Waals surface area contributed by atoms with Gasteiger partial charge in [-0.1, -0.05) is 48.5 Å². The molecule has 0 radical (unpaired) electrons. The standard InChI is InChI=1S/C34H38N4O9/c1-45-28-13-10-25(11-14-28)22-37(18-6-7-19-47-31-16-12-27(38(43)44)21-26(31)23-39)32(40)17-15-30(34(42)46-2)36-33(41)29(35)20-24-8-4-3-5-9-24/h3-14,16,21,23,29-30H,15,17-20,22,35H2,1-2H3,(H,36,41)/b7-6+/t29-,30+/m1/s1. The molecule has 0 heterocycles.